The van der Waals surface area contributed by atoms with Crippen LogP contribution in [0.5, 0.6) is 0 Å². The average Bonchev–Trinajstić information content (AvgIpc) is 2.71. The molecule has 1 aromatic carbocycles. The van der Waals surface area contributed by atoms with Crippen molar-refractivity contribution < 1.29 is 8.81 Å². The Bertz CT molecular complexity index is 529. The standard InChI is InChI=1S/C10H10BrFN4O/c1-5(13)9-15-16-10(17-9)14-8-3-2-6(12)4-7(8)11/h2-5H,13H2,1H3,(H,14,16). The summed E-state index contributed by atoms with van der Waals surface area (Å²) in [6.45, 7) is 1.74. The lowest BCUT2D eigenvalue weighted by molar-refractivity contribution is 0.475. The summed E-state index contributed by atoms with van der Waals surface area (Å²) in [6.07, 6.45) is 0. The van der Waals surface area contributed by atoms with Gasteiger partial charge in [-0.3, -0.25) is 0 Å². The van der Waals surface area contributed by atoms with Gasteiger partial charge < -0.3 is 15.5 Å². The fourth-order valence-electron chi connectivity index (χ4n) is 1.18. The average molecular weight is 301 g/mol. The molecule has 0 bridgehead atoms. The van der Waals surface area contributed by atoms with Gasteiger partial charge in [-0.25, -0.2) is 4.39 Å². The van der Waals surface area contributed by atoms with Gasteiger partial charge in [0, 0.05) is 4.47 Å². The Kier molecular flexibility index (Phi) is 3.39. The third-order valence-corrected chi connectivity index (χ3v) is 2.66. The maximum absolute atomic E-state index is 12.9. The molecule has 5 nitrogen and oxygen atoms in total. The number of rotatable bonds is 3. The van der Waals surface area contributed by atoms with Gasteiger partial charge >= 0.3 is 6.01 Å². The third kappa shape index (κ3) is 2.80. The van der Waals surface area contributed by atoms with Crippen molar-refractivity contribution in [3.05, 3.63) is 34.4 Å². The van der Waals surface area contributed by atoms with E-state index in [1.807, 2.05) is 0 Å². The van der Waals surface area contributed by atoms with Crippen molar-refractivity contribution in [2.75, 3.05) is 5.32 Å². The van der Waals surface area contributed by atoms with Crippen molar-refractivity contribution in [3.8, 4) is 0 Å². The Morgan fingerprint density at radius 3 is 2.82 bits per heavy atom. The molecule has 7 heteroatoms. The van der Waals surface area contributed by atoms with Crippen LogP contribution in [0.3, 0.4) is 0 Å². The zero-order valence-electron chi connectivity index (χ0n) is 8.95. The molecule has 0 aliphatic heterocycles. The number of hydrogen-bond donors (Lipinski definition) is 2. The molecule has 1 aromatic heterocycles. The topological polar surface area (TPSA) is 77.0 Å². The molecule has 0 spiro atoms. The smallest absolute Gasteiger partial charge is 0.320 e. The van der Waals surface area contributed by atoms with Gasteiger partial charge in [0.2, 0.25) is 5.89 Å². The maximum Gasteiger partial charge on any atom is 0.320 e. The zero-order valence-corrected chi connectivity index (χ0v) is 10.5. The van der Waals surface area contributed by atoms with Crippen molar-refractivity contribution in [2.24, 2.45) is 5.73 Å². The first-order valence-electron chi connectivity index (χ1n) is 4.87. The van der Waals surface area contributed by atoms with Gasteiger partial charge in [0.1, 0.15) is 5.82 Å². The fourth-order valence-corrected chi connectivity index (χ4v) is 1.63. The molecule has 2 aromatic rings. The Morgan fingerprint density at radius 2 is 2.24 bits per heavy atom. The van der Waals surface area contributed by atoms with E-state index in [0.717, 1.165) is 0 Å². The second-order valence-corrected chi connectivity index (χ2v) is 4.34. The lowest BCUT2D eigenvalue weighted by Gasteiger charge is -2.03. The Labute approximate surface area is 105 Å². The van der Waals surface area contributed by atoms with E-state index >= 15 is 0 Å². The van der Waals surface area contributed by atoms with Crippen LogP contribution in [0, 0.1) is 5.82 Å². The molecule has 1 unspecified atom stereocenters. The van der Waals surface area contributed by atoms with E-state index in [1.165, 1.54) is 12.1 Å². The maximum atomic E-state index is 12.9. The zero-order chi connectivity index (χ0) is 12.4. The van der Waals surface area contributed by atoms with Crippen molar-refractivity contribution in [2.45, 2.75) is 13.0 Å². The summed E-state index contributed by atoms with van der Waals surface area (Å²) in [6, 6.07) is 4.12. The molecule has 0 saturated heterocycles. The van der Waals surface area contributed by atoms with E-state index in [0.29, 0.717) is 16.1 Å². The van der Waals surface area contributed by atoms with Crippen LogP contribution in [0.25, 0.3) is 0 Å². The highest BCUT2D eigenvalue weighted by Gasteiger charge is 2.11. The summed E-state index contributed by atoms with van der Waals surface area (Å²) in [4.78, 5) is 0. The molecule has 0 amide bonds. The van der Waals surface area contributed by atoms with Crippen LogP contribution in [0.1, 0.15) is 18.9 Å². The summed E-state index contributed by atoms with van der Waals surface area (Å²) in [5.41, 5.74) is 6.22. The van der Waals surface area contributed by atoms with E-state index in [1.54, 1.807) is 13.0 Å². The number of benzene rings is 1. The Hall–Kier alpha value is -1.47. The summed E-state index contributed by atoms with van der Waals surface area (Å²) in [5, 5.41) is 10.4. The van der Waals surface area contributed by atoms with Gasteiger partial charge in [-0.2, -0.15) is 0 Å². The number of nitrogens with two attached hydrogens (primary N) is 1. The van der Waals surface area contributed by atoms with Crippen molar-refractivity contribution >= 4 is 27.6 Å². The number of nitrogens with zero attached hydrogens (tertiary/aromatic N) is 2. The molecule has 2 rings (SSSR count). The van der Waals surface area contributed by atoms with Crippen LogP contribution < -0.4 is 11.1 Å². The predicted molar refractivity (Wildman–Crippen MR) is 64.3 cm³/mol. The first-order chi connectivity index (χ1) is 8.06. The minimum absolute atomic E-state index is 0.213. The van der Waals surface area contributed by atoms with E-state index < -0.39 is 0 Å². The first kappa shape index (κ1) is 12.0. The second-order valence-electron chi connectivity index (χ2n) is 3.48. The molecule has 0 fully saturated rings. The molecule has 0 aliphatic rings. The highest BCUT2D eigenvalue weighted by molar-refractivity contribution is 9.10. The van der Waals surface area contributed by atoms with Gasteiger partial charge in [-0.1, -0.05) is 5.10 Å². The van der Waals surface area contributed by atoms with E-state index in [2.05, 4.69) is 31.4 Å². The number of aromatic nitrogens is 2. The highest BCUT2D eigenvalue weighted by atomic mass is 79.9. The number of nitrogens with one attached hydrogen (secondary N) is 1. The summed E-state index contributed by atoms with van der Waals surface area (Å²) in [5.74, 6) is 0.00922. The minimum atomic E-state index is -0.329. The molecule has 0 saturated carbocycles. The Morgan fingerprint density at radius 1 is 1.47 bits per heavy atom. The van der Waals surface area contributed by atoms with Crippen LogP contribution in [0.4, 0.5) is 16.1 Å². The van der Waals surface area contributed by atoms with Gasteiger partial charge in [-0.15, -0.1) is 5.10 Å². The van der Waals surface area contributed by atoms with Crippen LogP contribution in [0.2, 0.25) is 0 Å². The molecule has 90 valence electrons. The van der Waals surface area contributed by atoms with Crippen LogP contribution >= 0.6 is 15.9 Å². The van der Waals surface area contributed by atoms with Crippen LogP contribution in [-0.4, -0.2) is 10.2 Å². The molecule has 17 heavy (non-hydrogen) atoms. The number of halogens is 2. The summed E-state index contributed by atoms with van der Waals surface area (Å²) >= 11 is 3.22. The molecule has 1 atom stereocenters. The van der Waals surface area contributed by atoms with Gasteiger partial charge in [0.05, 0.1) is 11.7 Å². The van der Waals surface area contributed by atoms with Crippen LogP contribution in [-0.2, 0) is 0 Å². The van der Waals surface area contributed by atoms with Crippen molar-refractivity contribution in [1.82, 2.24) is 10.2 Å². The van der Waals surface area contributed by atoms with E-state index in [4.69, 9.17) is 10.2 Å². The monoisotopic (exact) mass is 300 g/mol. The lowest BCUT2D eigenvalue weighted by Crippen LogP contribution is -2.04. The molecule has 3 N–H and O–H groups in total. The Balaban J connectivity index is 2.19. The van der Waals surface area contributed by atoms with Crippen molar-refractivity contribution in [1.29, 1.82) is 0 Å². The number of hydrogen-bond acceptors (Lipinski definition) is 5. The second kappa shape index (κ2) is 4.80. The van der Waals surface area contributed by atoms with Gasteiger partial charge in [-0.05, 0) is 41.1 Å². The summed E-state index contributed by atoms with van der Waals surface area (Å²) < 4.78 is 18.7. The van der Waals surface area contributed by atoms with Crippen molar-refractivity contribution in [3.63, 3.8) is 0 Å². The fraction of sp³-hybridized carbons (Fsp3) is 0.200. The van der Waals surface area contributed by atoms with Crippen LogP contribution in [0.15, 0.2) is 27.1 Å². The quantitative estimate of drug-likeness (QED) is 0.911. The molecular weight excluding hydrogens is 291 g/mol. The summed E-state index contributed by atoms with van der Waals surface area (Å²) in [7, 11) is 0. The lowest BCUT2D eigenvalue weighted by atomic mass is 10.3. The third-order valence-electron chi connectivity index (χ3n) is 2.00. The van der Waals surface area contributed by atoms with E-state index in [9.17, 15) is 4.39 Å². The molecule has 0 aliphatic carbocycles. The van der Waals surface area contributed by atoms with Gasteiger partial charge in [0.25, 0.3) is 0 Å². The van der Waals surface area contributed by atoms with Gasteiger partial charge in [0.15, 0.2) is 0 Å². The number of anilines is 2. The SMILES string of the molecule is CC(N)c1nnc(Nc2ccc(F)cc2Br)o1. The first-order valence-corrected chi connectivity index (χ1v) is 5.66. The largest absolute Gasteiger partial charge is 0.406 e. The molecular formula is C10H10BrFN4O. The predicted octanol–water partition coefficient (Wildman–Crippen LogP) is 2.73. The minimum Gasteiger partial charge on any atom is -0.406 e. The molecule has 0 radical (unpaired) electrons. The highest BCUT2D eigenvalue weighted by Crippen LogP contribution is 2.26. The molecule has 1 heterocycles. The normalized spacial score (nSPS) is 12.5. The van der Waals surface area contributed by atoms with E-state index in [-0.39, 0.29) is 17.9 Å².